The molecule has 2 atom stereocenters. The monoisotopic (exact) mass is 288 g/mol. The fourth-order valence-electron chi connectivity index (χ4n) is 3.74. The second kappa shape index (κ2) is 5.31. The van der Waals surface area contributed by atoms with Crippen LogP contribution in [0, 0.1) is 0 Å². The number of ether oxygens (including phenoxy) is 1. The number of fused-ring (bicyclic) bond motifs is 2. The first-order valence-electron chi connectivity index (χ1n) is 7.38. The lowest BCUT2D eigenvalue weighted by Crippen LogP contribution is -2.51. The molecule has 2 bridgehead atoms. The van der Waals surface area contributed by atoms with E-state index in [-0.39, 0.29) is 11.3 Å². The average Bonchev–Trinajstić information content (AvgIpc) is 2.77. The Labute approximate surface area is 115 Å². The normalized spacial score (nSPS) is 36.8. The van der Waals surface area contributed by atoms with Crippen LogP contribution in [0.2, 0.25) is 0 Å². The van der Waals surface area contributed by atoms with Crippen molar-refractivity contribution in [3.05, 3.63) is 0 Å². The summed E-state index contributed by atoms with van der Waals surface area (Å²) in [5, 5.41) is 3.33. The molecule has 0 spiro atoms. The molecule has 0 radical (unpaired) electrons. The third-order valence-corrected chi connectivity index (χ3v) is 7.37. The Kier molecular flexibility index (Phi) is 3.86. The van der Waals surface area contributed by atoms with E-state index in [4.69, 9.17) is 4.74 Å². The Morgan fingerprint density at radius 2 is 1.63 bits per heavy atom. The lowest BCUT2D eigenvalue weighted by atomic mass is 10.0. The van der Waals surface area contributed by atoms with Gasteiger partial charge < -0.3 is 10.1 Å². The minimum atomic E-state index is -3.16. The van der Waals surface area contributed by atoms with E-state index in [0.29, 0.717) is 38.1 Å². The first-order chi connectivity index (χ1) is 9.07. The molecule has 0 aromatic heterocycles. The van der Waals surface area contributed by atoms with Crippen LogP contribution in [0.4, 0.5) is 0 Å². The molecule has 3 rings (SSSR count). The van der Waals surface area contributed by atoms with Crippen LogP contribution in [-0.4, -0.2) is 56.4 Å². The first kappa shape index (κ1) is 13.8. The van der Waals surface area contributed by atoms with Crippen molar-refractivity contribution in [1.82, 2.24) is 9.62 Å². The van der Waals surface area contributed by atoms with E-state index in [1.54, 1.807) is 11.4 Å². The fraction of sp³-hybridized carbons (Fsp3) is 1.00. The number of hydrogen-bond donors (Lipinski definition) is 1. The summed E-state index contributed by atoms with van der Waals surface area (Å²) >= 11 is 0. The van der Waals surface area contributed by atoms with Gasteiger partial charge in [0.05, 0.1) is 5.25 Å². The zero-order valence-corrected chi connectivity index (χ0v) is 12.4. The highest BCUT2D eigenvalue weighted by molar-refractivity contribution is 7.89. The van der Waals surface area contributed by atoms with Gasteiger partial charge in [-0.05, 0) is 38.5 Å². The molecule has 6 heteroatoms. The van der Waals surface area contributed by atoms with Crippen LogP contribution in [-0.2, 0) is 14.8 Å². The van der Waals surface area contributed by atoms with Gasteiger partial charge in [0.1, 0.15) is 0 Å². The number of nitrogens with one attached hydrogen (secondary N) is 1. The van der Waals surface area contributed by atoms with Gasteiger partial charge in [-0.3, -0.25) is 0 Å². The average molecular weight is 288 g/mol. The minimum Gasteiger partial charge on any atom is -0.381 e. The van der Waals surface area contributed by atoms with Crippen LogP contribution in [0.15, 0.2) is 0 Å². The number of sulfonamides is 1. The van der Waals surface area contributed by atoms with Gasteiger partial charge in [0, 0.05) is 38.4 Å². The Hall–Kier alpha value is -0.170. The predicted molar refractivity (Wildman–Crippen MR) is 73.5 cm³/mol. The summed E-state index contributed by atoms with van der Waals surface area (Å²) in [6.45, 7) is 1.16. The van der Waals surface area contributed by atoms with Gasteiger partial charge in [0.25, 0.3) is 0 Å². The molecule has 0 saturated carbocycles. The Bertz CT molecular complexity index is 408. The maximum atomic E-state index is 12.7. The molecule has 5 nitrogen and oxygen atoms in total. The van der Waals surface area contributed by atoms with Gasteiger partial charge in [-0.15, -0.1) is 0 Å². The Balaban J connectivity index is 1.69. The number of piperidine rings is 1. The molecule has 3 aliphatic heterocycles. The summed E-state index contributed by atoms with van der Waals surface area (Å²) in [7, 11) is -1.38. The van der Waals surface area contributed by atoms with E-state index in [9.17, 15) is 8.42 Å². The van der Waals surface area contributed by atoms with Crippen molar-refractivity contribution in [2.24, 2.45) is 0 Å². The number of nitrogens with zero attached hydrogens (tertiary/aromatic N) is 1. The van der Waals surface area contributed by atoms with E-state index in [0.717, 1.165) is 12.8 Å². The number of rotatable bonds is 3. The summed E-state index contributed by atoms with van der Waals surface area (Å²) < 4.78 is 32.3. The summed E-state index contributed by atoms with van der Waals surface area (Å²) in [4.78, 5) is 0. The van der Waals surface area contributed by atoms with Crippen molar-refractivity contribution in [3.8, 4) is 0 Å². The molecule has 3 fully saturated rings. The van der Waals surface area contributed by atoms with Crippen molar-refractivity contribution < 1.29 is 13.2 Å². The molecule has 3 heterocycles. The molecular weight excluding hydrogens is 264 g/mol. The van der Waals surface area contributed by atoms with Gasteiger partial charge >= 0.3 is 0 Å². The topological polar surface area (TPSA) is 58.6 Å². The zero-order valence-electron chi connectivity index (χ0n) is 11.5. The summed E-state index contributed by atoms with van der Waals surface area (Å²) in [5.74, 6) is 0. The van der Waals surface area contributed by atoms with Crippen LogP contribution in [0.1, 0.15) is 38.5 Å². The molecule has 110 valence electrons. The van der Waals surface area contributed by atoms with Crippen LogP contribution >= 0.6 is 0 Å². The molecule has 0 amide bonds. The van der Waals surface area contributed by atoms with Crippen LogP contribution in [0.5, 0.6) is 0 Å². The zero-order chi connectivity index (χ0) is 13.5. The van der Waals surface area contributed by atoms with Gasteiger partial charge in [0.2, 0.25) is 10.0 Å². The predicted octanol–water partition coefficient (Wildman–Crippen LogP) is 0.710. The lowest BCUT2D eigenvalue weighted by molar-refractivity contribution is 0.0967. The lowest BCUT2D eigenvalue weighted by Gasteiger charge is -2.37. The minimum absolute atomic E-state index is 0.187. The highest BCUT2D eigenvalue weighted by Gasteiger charge is 2.40. The van der Waals surface area contributed by atoms with E-state index < -0.39 is 10.0 Å². The molecule has 3 aliphatic rings. The highest BCUT2D eigenvalue weighted by atomic mass is 32.2. The second-order valence-electron chi connectivity index (χ2n) is 6.14. The van der Waals surface area contributed by atoms with E-state index >= 15 is 0 Å². The molecule has 1 N–H and O–H groups in total. The van der Waals surface area contributed by atoms with Crippen LogP contribution in [0.3, 0.4) is 0 Å². The number of hydrogen-bond acceptors (Lipinski definition) is 4. The summed E-state index contributed by atoms with van der Waals surface area (Å²) in [6.07, 6.45) is 5.62. The molecule has 0 aromatic rings. The third kappa shape index (κ3) is 2.68. The van der Waals surface area contributed by atoms with Gasteiger partial charge in [0.15, 0.2) is 0 Å². The maximum absolute atomic E-state index is 12.7. The molecule has 19 heavy (non-hydrogen) atoms. The van der Waals surface area contributed by atoms with Crippen molar-refractivity contribution in [1.29, 1.82) is 0 Å². The Morgan fingerprint density at radius 3 is 2.21 bits per heavy atom. The molecule has 2 unspecified atom stereocenters. The van der Waals surface area contributed by atoms with Crippen molar-refractivity contribution in [3.63, 3.8) is 0 Å². The van der Waals surface area contributed by atoms with Crippen LogP contribution < -0.4 is 5.32 Å². The van der Waals surface area contributed by atoms with Gasteiger partial charge in [-0.2, -0.15) is 0 Å². The molecule has 0 aliphatic carbocycles. The van der Waals surface area contributed by atoms with Crippen molar-refractivity contribution in [2.75, 3.05) is 20.3 Å². The largest absolute Gasteiger partial charge is 0.381 e. The van der Waals surface area contributed by atoms with Crippen molar-refractivity contribution in [2.45, 2.75) is 61.9 Å². The molecule has 3 saturated heterocycles. The van der Waals surface area contributed by atoms with E-state index in [2.05, 4.69) is 5.32 Å². The summed E-state index contributed by atoms with van der Waals surface area (Å²) in [5.41, 5.74) is 0. The summed E-state index contributed by atoms with van der Waals surface area (Å²) in [6, 6.07) is 1.23. The van der Waals surface area contributed by atoms with Gasteiger partial charge in [-0.25, -0.2) is 12.7 Å². The van der Waals surface area contributed by atoms with Crippen molar-refractivity contribution >= 4 is 10.0 Å². The van der Waals surface area contributed by atoms with E-state index in [1.165, 1.54) is 12.8 Å². The standard InChI is InChI=1S/C13H24N2O3S/c1-15(12-8-10-2-3-11(9-12)14-10)19(16,17)13-4-6-18-7-5-13/h10-14H,2-9H2,1H3. The molecule has 0 aromatic carbocycles. The Morgan fingerprint density at radius 1 is 1.05 bits per heavy atom. The quantitative estimate of drug-likeness (QED) is 0.831. The van der Waals surface area contributed by atoms with E-state index in [1.807, 2.05) is 0 Å². The third-order valence-electron chi connectivity index (χ3n) is 4.95. The highest BCUT2D eigenvalue weighted by Crippen LogP contribution is 2.32. The molecular formula is C13H24N2O3S. The second-order valence-corrected chi connectivity index (χ2v) is 8.41. The van der Waals surface area contributed by atoms with Gasteiger partial charge in [-0.1, -0.05) is 0 Å². The SMILES string of the molecule is CN(C1CC2CCC(C1)N2)S(=O)(=O)C1CCOCC1. The maximum Gasteiger partial charge on any atom is 0.217 e. The fourth-order valence-corrected chi connectivity index (χ4v) is 5.59. The first-order valence-corrected chi connectivity index (χ1v) is 8.88. The van der Waals surface area contributed by atoms with Crippen LogP contribution in [0.25, 0.3) is 0 Å². The smallest absolute Gasteiger partial charge is 0.217 e.